The minimum Gasteiger partial charge on any atom is -0.384 e. The molecule has 0 aromatic carbocycles. The van der Waals surface area contributed by atoms with Gasteiger partial charge in [-0.1, -0.05) is 0 Å². The summed E-state index contributed by atoms with van der Waals surface area (Å²) in [5.41, 5.74) is 4.02. The van der Waals surface area contributed by atoms with Gasteiger partial charge in [-0.3, -0.25) is 19.1 Å². The Balaban J connectivity index is 2.45. The van der Waals surface area contributed by atoms with Gasteiger partial charge in [-0.2, -0.15) is 0 Å². The number of nitrogen functional groups attached to an aromatic ring is 1. The maximum atomic E-state index is 11.7. The second kappa shape index (κ2) is 5.58. The number of ether oxygens (including phenoxy) is 1. The van der Waals surface area contributed by atoms with Gasteiger partial charge in [0.2, 0.25) is 0 Å². The lowest BCUT2D eigenvalue weighted by atomic mass is 10.2. The zero-order chi connectivity index (χ0) is 14.0. The number of aromatic amines is 1. The van der Waals surface area contributed by atoms with Crippen LogP contribution in [0.25, 0.3) is 0 Å². The number of carbonyl (C=O) groups is 1. The van der Waals surface area contributed by atoms with Crippen molar-refractivity contribution in [1.29, 1.82) is 0 Å². The van der Waals surface area contributed by atoms with E-state index in [0.29, 0.717) is 6.61 Å². The Labute approximate surface area is 113 Å². The van der Waals surface area contributed by atoms with Gasteiger partial charge in [0.05, 0.1) is 18.5 Å². The van der Waals surface area contributed by atoms with E-state index in [1.165, 1.54) is 0 Å². The first-order valence-electron chi connectivity index (χ1n) is 5.88. The van der Waals surface area contributed by atoms with Crippen molar-refractivity contribution in [3.8, 4) is 0 Å². The summed E-state index contributed by atoms with van der Waals surface area (Å²) >= 11 is 5.42. The number of ketones is 1. The smallest absolute Gasteiger partial charge is 0.330 e. The maximum absolute atomic E-state index is 11.7. The van der Waals surface area contributed by atoms with Crippen molar-refractivity contribution >= 4 is 23.2 Å². The van der Waals surface area contributed by atoms with Gasteiger partial charge < -0.3 is 10.5 Å². The highest BCUT2D eigenvalue weighted by Gasteiger charge is 2.22. The first-order chi connectivity index (χ1) is 9.04. The molecule has 0 spiro atoms. The molecule has 7 nitrogen and oxygen atoms in total. The summed E-state index contributed by atoms with van der Waals surface area (Å²) in [6.45, 7) is 0.847. The number of Topliss-reactive ketones (excluding diaryl/α,β-unsaturated/α-hetero) is 1. The third kappa shape index (κ3) is 2.71. The fraction of sp³-hybridized carbons (Fsp3) is 0.545. The zero-order valence-corrected chi connectivity index (χ0v) is 10.9. The number of nitrogens with two attached hydrogens (primary N) is 1. The molecule has 1 aliphatic heterocycles. The fourth-order valence-electron chi connectivity index (χ4n) is 2.10. The van der Waals surface area contributed by atoms with Crippen molar-refractivity contribution in [3.05, 3.63) is 26.4 Å². The number of H-pyrrole nitrogens is 1. The highest BCUT2D eigenvalue weighted by molar-refractivity contribution is 6.31. The molecular weight excluding hydrogens is 274 g/mol. The highest BCUT2D eigenvalue weighted by Crippen LogP contribution is 2.15. The molecule has 1 fully saturated rings. The van der Waals surface area contributed by atoms with Gasteiger partial charge in [0.1, 0.15) is 11.4 Å². The average Bonchev–Trinajstić information content (AvgIpc) is 2.86. The summed E-state index contributed by atoms with van der Waals surface area (Å²) in [5.74, 6) is -1.14. The Morgan fingerprint density at radius 1 is 1.53 bits per heavy atom. The molecule has 3 N–H and O–H groups in total. The van der Waals surface area contributed by atoms with Gasteiger partial charge in [0, 0.05) is 6.61 Å². The van der Waals surface area contributed by atoms with Crippen LogP contribution in [0.1, 0.15) is 23.2 Å². The molecule has 1 saturated heterocycles. The van der Waals surface area contributed by atoms with Crippen LogP contribution in [0.5, 0.6) is 0 Å². The molecule has 1 aromatic rings. The Bertz CT molecular complexity index is 601. The third-order valence-electron chi connectivity index (χ3n) is 3.05. The minimum absolute atomic E-state index is 0.134. The highest BCUT2D eigenvalue weighted by atomic mass is 35.5. The number of aromatic nitrogens is 2. The number of carbonyl (C=O) groups excluding carboxylic acids is 1. The van der Waals surface area contributed by atoms with Gasteiger partial charge in [0.25, 0.3) is 5.56 Å². The molecule has 19 heavy (non-hydrogen) atoms. The van der Waals surface area contributed by atoms with Crippen LogP contribution in [0, 0.1) is 0 Å². The van der Waals surface area contributed by atoms with Crippen LogP contribution < -0.4 is 17.0 Å². The summed E-state index contributed by atoms with van der Waals surface area (Å²) in [4.78, 5) is 37.0. The largest absolute Gasteiger partial charge is 0.384 e. The normalized spacial score (nSPS) is 18.7. The van der Waals surface area contributed by atoms with Crippen LogP contribution in [-0.2, 0) is 11.3 Å². The second-order valence-corrected chi connectivity index (χ2v) is 4.59. The third-order valence-corrected chi connectivity index (χ3v) is 3.29. The van der Waals surface area contributed by atoms with Crippen LogP contribution in [0.2, 0.25) is 0 Å². The monoisotopic (exact) mass is 287 g/mol. The zero-order valence-electron chi connectivity index (χ0n) is 10.1. The Kier molecular flexibility index (Phi) is 4.06. The second-order valence-electron chi connectivity index (χ2n) is 4.32. The predicted octanol–water partition coefficient (Wildman–Crippen LogP) is -0.281. The van der Waals surface area contributed by atoms with Gasteiger partial charge in [-0.25, -0.2) is 4.79 Å². The molecule has 2 heterocycles. The van der Waals surface area contributed by atoms with Crippen LogP contribution in [0.4, 0.5) is 5.82 Å². The van der Waals surface area contributed by atoms with E-state index >= 15 is 0 Å². The molecule has 104 valence electrons. The number of nitrogens with one attached hydrogen (secondary N) is 1. The van der Waals surface area contributed by atoms with E-state index in [9.17, 15) is 14.4 Å². The van der Waals surface area contributed by atoms with Crippen molar-refractivity contribution in [2.75, 3.05) is 18.2 Å². The van der Waals surface area contributed by atoms with Crippen molar-refractivity contribution in [2.45, 2.75) is 25.5 Å². The molecule has 0 aliphatic carbocycles. The van der Waals surface area contributed by atoms with E-state index in [1.807, 2.05) is 0 Å². The number of nitrogens with zero attached hydrogens (tertiary/aromatic N) is 1. The van der Waals surface area contributed by atoms with Crippen molar-refractivity contribution in [2.24, 2.45) is 0 Å². The van der Waals surface area contributed by atoms with E-state index < -0.39 is 17.0 Å². The lowest BCUT2D eigenvalue weighted by Crippen LogP contribution is -2.38. The molecule has 0 radical (unpaired) electrons. The number of alkyl halides is 1. The van der Waals surface area contributed by atoms with E-state index in [1.54, 1.807) is 0 Å². The van der Waals surface area contributed by atoms with Crippen LogP contribution >= 0.6 is 11.6 Å². The summed E-state index contributed by atoms with van der Waals surface area (Å²) < 4.78 is 6.56. The summed E-state index contributed by atoms with van der Waals surface area (Å²) in [6.07, 6.45) is 1.59. The first kappa shape index (κ1) is 13.8. The summed E-state index contributed by atoms with van der Waals surface area (Å²) in [6, 6.07) is 0. The standard InChI is InChI=1S/C11H14ClN3O4/c12-4-7(16)8-9(13)15(11(18)14-10(8)17)5-6-2-1-3-19-6/h6H,1-5,13H2,(H,14,17,18)/t6-/m1/s1. The maximum Gasteiger partial charge on any atom is 0.330 e. The average molecular weight is 288 g/mol. The molecule has 0 bridgehead atoms. The lowest BCUT2D eigenvalue weighted by molar-refractivity contribution is 0.0955. The number of halogens is 1. The Morgan fingerprint density at radius 3 is 2.84 bits per heavy atom. The molecule has 0 saturated carbocycles. The van der Waals surface area contributed by atoms with E-state index in [0.717, 1.165) is 17.4 Å². The number of anilines is 1. The van der Waals surface area contributed by atoms with Gasteiger partial charge in [0.15, 0.2) is 5.78 Å². The van der Waals surface area contributed by atoms with Crippen molar-refractivity contribution in [3.63, 3.8) is 0 Å². The predicted molar refractivity (Wildman–Crippen MR) is 69.8 cm³/mol. The minimum atomic E-state index is -0.809. The topological polar surface area (TPSA) is 107 Å². The summed E-state index contributed by atoms with van der Waals surface area (Å²) in [5, 5.41) is 0. The number of rotatable bonds is 4. The van der Waals surface area contributed by atoms with E-state index in [4.69, 9.17) is 22.1 Å². The summed E-state index contributed by atoms with van der Waals surface area (Å²) in [7, 11) is 0. The molecular formula is C11H14ClN3O4. The van der Waals surface area contributed by atoms with Crippen LogP contribution in [-0.4, -0.2) is 33.9 Å². The Hall–Kier alpha value is -1.60. The van der Waals surface area contributed by atoms with Crippen molar-refractivity contribution < 1.29 is 9.53 Å². The van der Waals surface area contributed by atoms with Crippen LogP contribution in [0.3, 0.4) is 0 Å². The van der Waals surface area contributed by atoms with Gasteiger partial charge >= 0.3 is 5.69 Å². The van der Waals surface area contributed by atoms with E-state index in [-0.39, 0.29) is 29.9 Å². The SMILES string of the molecule is Nc1c(C(=O)CCl)c(=O)[nH]c(=O)n1C[C@H]1CCCO1. The quantitative estimate of drug-likeness (QED) is 0.585. The molecule has 1 aromatic heterocycles. The molecule has 0 amide bonds. The molecule has 1 aliphatic rings. The van der Waals surface area contributed by atoms with Gasteiger partial charge in [-0.15, -0.1) is 11.6 Å². The molecule has 0 unspecified atom stereocenters. The fourth-order valence-corrected chi connectivity index (χ4v) is 2.23. The first-order valence-corrected chi connectivity index (χ1v) is 6.41. The van der Waals surface area contributed by atoms with E-state index in [2.05, 4.69) is 4.98 Å². The van der Waals surface area contributed by atoms with Crippen molar-refractivity contribution in [1.82, 2.24) is 9.55 Å². The molecule has 1 atom stereocenters. The molecule has 8 heteroatoms. The molecule has 2 rings (SSSR count). The van der Waals surface area contributed by atoms with Crippen LogP contribution in [0.15, 0.2) is 9.59 Å². The Morgan fingerprint density at radius 2 is 2.26 bits per heavy atom. The lowest BCUT2D eigenvalue weighted by Gasteiger charge is -2.15. The number of hydrogen-bond acceptors (Lipinski definition) is 5. The number of hydrogen-bond donors (Lipinski definition) is 2. The van der Waals surface area contributed by atoms with Gasteiger partial charge in [-0.05, 0) is 12.8 Å².